The molecule has 0 fully saturated rings. The van der Waals surface area contributed by atoms with Gasteiger partial charge in [-0.05, 0) is 36.8 Å². The van der Waals surface area contributed by atoms with E-state index in [0.717, 1.165) is 5.56 Å². The number of phenolic OH excluding ortho intramolecular Hbond substituents is 1. The molecule has 4 aromatic rings. The third-order valence-electron chi connectivity index (χ3n) is 5.05. The number of nitrogens with one attached hydrogen (secondary N) is 1. The van der Waals surface area contributed by atoms with E-state index in [1.807, 2.05) is 12.1 Å². The highest BCUT2D eigenvalue weighted by atomic mass is 32.1. The van der Waals surface area contributed by atoms with Crippen LogP contribution in [0.4, 0.5) is 0 Å². The van der Waals surface area contributed by atoms with Crippen molar-refractivity contribution in [3.63, 3.8) is 0 Å². The monoisotopic (exact) mass is 448 g/mol. The van der Waals surface area contributed by atoms with Crippen molar-refractivity contribution in [3.8, 4) is 22.6 Å². The van der Waals surface area contributed by atoms with Crippen molar-refractivity contribution in [2.75, 3.05) is 13.7 Å². The van der Waals surface area contributed by atoms with E-state index < -0.39 is 11.5 Å². The number of aromatic hydroxyl groups is 1. The van der Waals surface area contributed by atoms with E-state index in [9.17, 15) is 14.7 Å². The molecule has 0 bridgehead atoms. The van der Waals surface area contributed by atoms with Crippen molar-refractivity contribution in [2.24, 2.45) is 0 Å². The maximum absolute atomic E-state index is 12.9. The number of fused-ring (bicyclic) bond motifs is 1. The quantitative estimate of drug-likeness (QED) is 0.359. The van der Waals surface area contributed by atoms with Gasteiger partial charge in [0.15, 0.2) is 0 Å². The summed E-state index contributed by atoms with van der Waals surface area (Å²) in [6, 6.07) is 13.8. The Hall–Kier alpha value is -3.91. The van der Waals surface area contributed by atoms with E-state index in [-0.39, 0.29) is 33.4 Å². The molecule has 32 heavy (non-hydrogen) atoms. The lowest BCUT2D eigenvalue weighted by molar-refractivity contribution is 0.0529. The highest BCUT2D eigenvalue weighted by Crippen LogP contribution is 2.30. The SMILES string of the molecule is CCOC(=O)c1c(-c2ccc(OC)cc2)cn2c(=S)c(=Cc3ccccc3O)c(=O)[nH]c12. The second kappa shape index (κ2) is 8.68. The largest absolute Gasteiger partial charge is 0.507 e. The zero-order valence-electron chi connectivity index (χ0n) is 17.4. The molecule has 0 saturated heterocycles. The van der Waals surface area contributed by atoms with Gasteiger partial charge in [-0.1, -0.05) is 42.5 Å². The summed E-state index contributed by atoms with van der Waals surface area (Å²) >= 11 is 5.60. The topological polar surface area (TPSA) is 93.0 Å². The number of nitrogens with zero attached hydrogens (tertiary/aromatic N) is 1. The Balaban J connectivity index is 2.03. The molecule has 2 aromatic heterocycles. The molecule has 0 amide bonds. The number of carbonyl (C=O) groups is 1. The Morgan fingerprint density at radius 2 is 1.91 bits per heavy atom. The number of esters is 1. The first-order valence-electron chi connectivity index (χ1n) is 9.87. The molecule has 2 N–H and O–H groups in total. The molecule has 0 radical (unpaired) electrons. The Morgan fingerprint density at radius 3 is 2.56 bits per heavy atom. The fourth-order valence-electron chi connectivity index (χ4n) is 3.48. The number of aromatic amines is 1. The zero-order chi connectivity index (χ0) is 22.8. The van der Waals surface area contributed by atoms with Gasteiger partial charge in [0, 0.05) is 17.3 Å². The minimum atomic E-state index is -0.566. The lowest BCUT2D eigenvalue weighted by Crippen LogP contribution is -2.30. The second-order valence-corrected chi connectivity index (χ2v) is 7.35. The zero-order valence-corrected chi connectivity index (χ0v) is 18.2. The van der Waals surface area contributed by atoms with E-state index in [1.165, 1.54) is 12.1 Å². The van der Waals surface area contributed by atoms with Gasteiger partial charge in [-0.15, -0.1) is 0 Å². The molecule has 0 aliphatic rings. The van der Waals surface area contributed by atoms with E-state index in [1.54, 1.807) is 55.0 Å². The summed E-state index contributed by atoms with van der Waals surface area (Å²) in [6.45, 7) is 1.90. The summed E-state index contributed by atoms with van der Waals surface area (Å²) in [5.41, 5.74) is 1.74. The molecular weight excluding hydrogens is 428 g/mol. The summed E-state index contributed by atoms with van der Waals surface area (Å²) < 4.78 is 12.2. The third kappa shape index (κ3) is 3.76. The van der Waals surface area contributed by atoms with Crippen LogP contribution in [0.25, 0.3) is 22.9 Å². The molecule has 0 spiro atoms. The Morgan fingerprint density at radius 1 is 1.19 bits per heavy atom. The number of hydrogen-bond donors (Lipinski definition) is 2. The minimum absolute atomic E-state index is 0.0278. The number of benzene rings is 2. The van der Waals surface area contributed by atoms with Crippen molar-refractivity contribution < 1.29 is 19.4 Å². The number of hydrogen-bond acceptors (Lipinski definition) is 6. The van der Waals surface area contributed by atoms with Gasteiger partial charge in [0.25, 0.3) is 5.56 Å². The normalized spacial score (nSPS) is 11.6. The fraction of sp³-hybridized carbons (Fsp3) is 0.125. The average Bonchev–Trinajstić information content (AvgIpc) is 3.17. The standard InChI is InChI=1S/C24H20N2O5S/c1-3-31-24(29)20-18(14-8-10-16(30-2)11-9-14)13-26-21(20)25-22(28)17(23(26)32)12-15-6-4-5-7-19(15)27/h4-13,27H,3H2,1-2H3,(H,25,28). The summed E-state index contributed by atoms with van der Waals surface area (Å²) in [5, 5.41) is 10.3. The van der Waals surface area contributed by atoms with Crippen LogP contribution in [0.3, 0.4) is 0 Å². The van der Waals surface area contributed by atoms with Crippen LogP contribution in [0.2, 0.25) is 0 Å². The van der Waals surface area contributed by atoms with Gasteiger partial charge in [0.1, 0.15) is 27.4 Å². The molecule has 2 heterocycles. The summed E-state index contributed by atoms with van der Waals surface area (Å²) in [6.07, 6.45) is 3.22. The number of rotatable bonds is 5. The third-order valence-corrected chi connectivity index (χ3v) is 5.46. The first-order chi connectivity index (χ1) is 15.4. The van der Waals surface area contributed by atoms with Gasteiger partial charge in [-0.3, -0.25) is 9.20 Å². The lowest BCUT2D eigenvalue weighted by Gasteiger charge is -2.06. The Kier molecular flexibility index (Phi) is 5.79. The number of aromatic nitrogens is 2. The predicted molar refractivity (Wildman–Crippen MR) is 124 cm³/mol. The number of H-pyrrole nitrogens is 1. The van der Waals surface area contributed by atoms with Crippen LogP contribution in [0.5, 0.6) is 11.5 Å². The van der Waals surface area contributed by atoms with Crippen LogP contribution >= 0.6 is 12.2 Å². The van der Waals surface area contributed by atoms with Crippen LogP contribution in [-0.2, 0) is 4.74 Å². The first-order valence-corrected chi connectivity index (χ1v) is 10.3. The van der Waals surface area contributed by atoms with Gasteiger partial charge in [0.2, 0.25) is 0 Å². The predicted octanol–water partition coefficient (Wildman–Crippen LogP) is 3.46. The molecule has 0 unspecified atom stereocenters. The lowest BCUT2D eigenvalue weighted by atomic mass is 10.0. The molecular formula is C24H20N2O5S. The van der Waals surface area contributed by atoms with Crippen LogP contribution in [0, 0.1) is 4.64 Å². The van der Waals surface area contributed by atoms with Crippen LogP contribution < -0.4 is 15.5 Å². The molecule has 8 heteroatoms. The van der Waals surface area contributed by atoms with Crippen LogP contribution in [-0.4, -0.2) is 34.2 Å². The maximum Gasteiger partial charge on any atom is 0.342 e. The highest BCUT2D eigenvalue weighted by Gasteiger charge is 2.22. The summed E-state index contributed by atoms with van der Waals surface area (Å²) in [5.74, 6) is 0.135. The number of para-hydroxylation sites is 1. The number of ether oxygens (including phenoxy) is 2. The number of carbonyl (C=O) groups excluding carboxylic acids is 1. The van der Waals surface area contributed by atoms with E-state index >= 15 is 0 Å². The van der Waals surface area contributed by atoms with Crippen molar-refractivity contribution in [3.05, 3.63) is 86.1 Å². The minimum Gasteiger partial charge on any atom is -0.507 e. The van der Waals surface area contributed by atoms with Crippen molar-refractivity contribution in [1.82, 2.24) is 9.38 Å². The van der Waals surface area contributed by atoms with Gasteiger partial charge in [-0.2, -0.15) is 0 Å². The molecule has 7 nitrogen and oxygen atoms in total. The van der Waals surface area contributed by atoms with Crippen molar-refractivity contribution in [1.29, 1.82) is 0 Å². The fourth-order valence-corrected chi connectivity index (χ4v) is 3.78. The molecule has 0 aliphatic carbocycles. The Bertz CT molecular complexity index is 1490. The molecule has 4 rings (SSSR count). The van der Waals surface area contributed by atoms with Crippen LogP contribution in [0.15, 0.2) is 59.5 Å². The number of phenols is 1. The molecule has 2 aromatic carbocycles. The molecule has 0 aliphatic heterocycles. The highest BCUT2D eigenvalue weighted by molar-refractivity contribution is 7.71. The van der Waals surface area contributed by atoms with Gasteiger partial charge in [0.05, 0.1) is 18.9 Å². The van der Waals surface area contributed by atoms with Crippen molar-refractivity contribution >= 4 is 29.9 Å². The summed E-state index contributed by atoms with van der Waals surface area (Å²) in [4.78, 5) is 28.5. The van der Waals surface area contributed by atoms with E-state index in [0.29, 0.717) is 16.9 Å². The summed E-state index contributed by atoms with van der Waals surface area (Å²) in [7, 11) is 1.57. The Labute approximate surface area is 188 Å². The molecule has 162 valence electrons. The molecule has 0 saturated carbocycles. The second-order valence-electron chi connectivity index (χ2n) is 6.96. The van der Waals surface area contributed by atoms with Crippen molar-refractivity contribution in [2.45, 2.75) is 6.92 Å². The van der Waals surface area contributed by atoms with E-state index in [4.69, 9.17) is 21.7 Å². The van der Waals surface area contributed by atoms with Gasteiger partial charge >= 0.3 is 5.97 Å². The van der Waals surface area contributed by atoms with Gasteiger partial charge in [-0.25, -0.2) is 4.79 Å². The van der Waals surface area contributed by atoms with Crippen LogP contribution in [0.1, 0.15) is 22.8 Å². The first kappa shape index (κ1) is 21.3. The van der Waals surface area contributed by atoms with E-state index in [2.05, 4.69) is 4.98 Å². The van der Waals surface area contributed by atoms with Gasteiger partial charge < -0.3 is 19.6 Å². The maximum atomic E-state index is 12.9. The number of methoxy groups -OCH3 is 1. The smallest absolute Gasteiger partial charge is 0.342 e. The molecule has 0 atom stereocenters. The average molecular weight is 449 g/mol.